The molecule has 18 heteroatoms. The summed E-state index contributed by atoms with van der Waals surface area (Å²) in [5.74, 6) is -1.50. The first-order chi connectivity index (χ1) is 28.2. The number of aryl methyl sites for hydroxylation is 1. The number of hydrogen-bond donors (Lipinski definition) is 1. The summed E-state index contributed by atoms with van der Waals surface area (Å²) in [5.41, 5.74) is -1.71. The highest BCUT2D eigenvalue weighted by Crippen LogP contribution is 2.43. The Labute approximate surface area is 335 Å². The van der Waals surface area contributed by atoms with Crippen LogP contribution in [0.2, 0.25) is 0 Å². The monoisotopic (exact) mass is 827 g/mol. The molecule has 2 amide bonds. The van der Waals surface area contributed by atoms with Gasteiger partial charge in [0.05, 0.1) is 23.1 Å². The Morgan fingerprint density at radius 1 is 1.07 bits per heavy atom. The maximum atomic E-state index is 17.5. The van der Waals surface area contributed by atoms with E-state index >= 15 is 8.78 Å². The largest absolute Gasteiger partial charge is 0.461 e. The Bertz CT molecular complexity index is 2330. The van der Waals surface area contributed by atoms with Crippen molar-refractivity contribution in [2.45, 2.75) is 94.2 Å². The number of hydrogen-bond acceptors (Lipinski definition) is 10. The van der Waals surface area contributed by atoms with E-state index in [1.165, 1.54) is 30.5 Å². The van der Waals surface area contributed by atoms with E-state index in [-0.39, 0.29) is 114 Å². The van der Waals surface area contributed by atoms with Crippen LogP contribution in [0.4, 0.5) is 41.7 Å². The number of rotatable bonds is 4. The van der Waals surface area contributed by atoms with Crippen LogP contribution >= 0.6 is 0 Å². The lowest BCUT2D eigenvalue weighted by Crippen LogP contribution is -2.57. The molecule has 4 aromatic rings. The van der Waals surface area contributed by atoms with Crippen molar-refractivity contribution in [2.24, 2.45) is 0 Å². The first kappa shape index (κ1) is 39.3. The number of alkyl halides is 4. The van der Waals surface area contributed by atoms with Crippen LogP contribution in [0.25, 0.3) is 32.9 Å². The van der Waals surface area contributed by atoms with Crippen LogP contribution in [0.15, 0.2) is 30.5 Å². The predicted octanol–water partition coefficient (Wildman–Crippen LogP) is 7.64. The zero-order valence-corrected chi connectivity index (χ0v) is 32.3. The van der Waals surface area contributed by atoms with Gasteiger partial charge >= 0.3 is 24.4 Å². The molecular formula is C41H43F6N7O5. The molecule has 4 atom stereocenters. The van der Waals surface area contributed by atoms with Gasteiger partial charge in [0, 0.05) is 44.4 Å². The molecule has 2 aromatic heterocycles. The summed E-state index contributed by atoms with van der Waals surface area (Å²) in [6.45, 7) is 3.46. The van der Waals surface area contributed by atoms with Crippen molar-refractivity contribution in [1.82, 2.24) is 30.1 Å². The van der Waals surface area contributed by atoms with Crippen molar-refractivity contribution in [2.75, 3.05) is 50.8 Å². The van der Waals surface area contributed by atoms with Gasteiger partial charge in [-0.05, 0) is 99.4 Å². The number of carbonyl (C=O) groups is 2. The van der Waals surface area contributed by atoms with Crippen molar-refractivity contribution < 1.29 is 50.1 Å². The fraction of sp³-hybridized carbons (Fsp3) is 0.537. The molecule has 4 saturated heterocycles. The number of pyridine rings is 1. The number of likely N-dealkylation sites (tertiary alicyclic amines) is 1. The molecule has 12 nitrogen and oxygen atoms in total. The van der Waals surface area contributed by atoms with Crippen LogP contribution in [0.1, 0.15) is 63.9 Å². The smallest absolute Gasteiger partial charge is 0.415 e. The summed E-state index contributed by atoms with van der Waals surface area (Å²) in [6.07, 6.45) is -3.02. The number of halogens is 6. The van der Waals surface area contributed by atoms with Crippen molar-refractivity contribution in [1.29, 1.82) is 0 Å². The summed E-state index contributed by atoms with van der Waals surface area (Å²) in [7, 11) is 0. The fourth-order valence-electron chi connectivity index (χ4n) is 9.84. The Balaban J connectivity index is 1.20. The van der Waals surface area contributed by atoms with Crippen molar-refractivity contribution in [3.8, 4) is 23.0 Å². The maximum absolute atomic E-state index is 17.5. The van der Waals surface area contributed by atoms with Gasteiger partial charge in [-0.3, -0.25) is 14.8 Å². The van der Waals surface area contributed by atoms with E-state index < -0.39 is 53.3 Å². The van der Waals surface area contributed by atoms with Gasteiger partial charge in [0.1, 0.15) is 47.4 Å². The number of ether oxygens (including phenoxy) is 3. The fourth-order valence-corrected chi connectivity index (χ4v) is 9.84. The summed E-state index contributed by atoms with van der Waals surface area (Å²) < 4.78 is 107. The number of benzene rings is 2. The van der Waals surface area contributed by atoms with Gasteiger partial charge in [0.25, 0.3) is 0 Å². The number of alkyl carbamates (subject to hydrolysis) is 1. The molecule has 59 heavy (non-hydrogen) atoms. The van der Waals surface area contributed by atoms with Gasteiger partial charge < -0.3 is 24.4 Å². The lowest BCUT2D eigenvalue weighted by Gasteiger charge is -2.41. The highest BCUT2D eigenvalue weighted by molar-refractivity contribution is 6.02. The van der Waals surface area contributed by atoms with Crippen LogP contribution in [0, 0.1) is 11.6 Å². The quantitative estimate of drug-likeness (QED) is 0.206. The number of anilines is 1. The second-order valence-electron chi connectivity index (χ2n) is 16.7. The molecule has 4 fully saturated rings. The average Bonchev–Trinajstić information content (AvgIpc) is 3.91. The number of nitrogens with one attached hydrogen (secondary N) is 1. The molecule has 10 rings (SSSR count). The Morgan fingerprint density at radius 2 is 1.90 bits per heavy atom. The second kappa shape index (κ2) is 14.9. The minimum atomic E-state index is -4.67. The molecule has 0 radical (unpaired) electrons. The minimum Gasteiger partial charge on any atom is -0.461 e. The van der Waals surface area contributed by atoms with E-state index in [9.17, 15) is 27.2 Å². The Morgan fingerprint density at radius 3 is 2.73 bits per heavy atom. The van der Waals surface area contributed by atoms with Crippen LogP contribution in [0.3, 0.4) is 0 Å². The summed E-state index contributed by atoms with van der Waals surface area (Å²) in [5, 5.41) is 3.68. The second-order valence-corrected chi connectivity index (χ2v) is 16.7. The van der Waals surface area contributed by atoms with E-state index in [4.69, 9.17) is 19.2 Å². The van der Waals surface area contributed by atoms with Gasteiger partial charge in [0.2, 0.25) is 0 Å². The third-order valence-electron chi connectivity index (χ3n) is 12.5. The molecule has 6 aliphatic rings. The molecule has 0 aliphatic carbocycles. The molecule has 6 aliphatic heterocycles. The number of fused-ring (bicyclic) bond motifs is 7. The maximum Gasteiger partial charge on any atom is 0.415 e. The average molecular weight is 828 g/mol. The van der Waals surface area contributed by atoms with Crippen LogP contribution < -0.4 is 19.7 Å². The molecule has 8 heterocycles. The number of nitrogens with zero attached hydrogens (tertiary/aromatic N) is 6. The van der Waals surface area contributed by atoms with Crippen molar-refractivity contribution >= 4 is 39.7 Å². The van der Waals surface area contributed by atoms with Gasteiger partial charge in [0.15, 0.2) is 5.82 Å². The first-order valence-corrected chi connectivity index (χ1v) is 20.1. The summed E-state index contributed by atoms with van der Waals surface area (Å²) in [6, 6.07) is 3.03. The standard InChI is InChI=1S/C41H43F6N7O5/c1-39-10-4-12-52(21-39)35-28-19-48-33(32(44)34(28)49-36(50-35)58-22-40-11-5-13-53(40)20-24(42)18-40)27-17-25(59-38(56)54-14-2-7-30(54)41(45,46)47)16-23-8-9-29(43)26(31(23)27)6-3-15-57-37(55)51-39/h8-9,16-17,19,24,30H,2-7,10-15,18,20-22H2,1H3,(H,51,55)/t24-,30?,39-,40+/m1/s1. The number of amides is 2. The zero-order chi connectivity index (χ0) is 41.3. The van der Waals surface area contributed by atoms with Crippen molar-refractivity contribution in [3.05, 3.63) is 47.7 Å². The molecule has 1 N–H and O–H groups in total. The highest BCUT2D eigenvalue weighted by Gasteiger charge is 2.50. The first-order valence-electron chi connectivity index (χ1n) is 20.1. The van der Waals surface area contributed by atoms with E-state index in [0.29, 0.717) is 37.3 Å². The number of aromatic nitrogens is 3. The zero-order valence-electron chi connectivity index (χ0n) is 32.3. The predicted molar refractivity (Wildman–Crippen MR) is 203 cm³/mol. The third-order valence-corrected chi connectivity index (χ3v) is 12.5. The molecule has 2 aromatic carbocycles. The van der Waals surface area contributed by atoms with Gasteiger partial charge in [-0.25, -0.2) is 22.8 Å². The normalized spacial score (nSPS) is 26.3. The third kappa shape index (κ3) is 7.30. The van der Waals surface area contributed by atoms with Gasteiger partial charge in [-0.15, -0.1) is 0 Å². The molecule has 6 bridgehead atoms. The molecule has 0 saturated carbocycles. The van der Waals surface area contributed by atoms with Crippen LogP contribution in [-0.2, 0) is 11.2 Å². The number of carbonyl (C=O) groups excluding carboxylic acids is 2. The van der Waals surface area contributed by atoms with Crippen LogP contribution in [-0.4, -0.2) is 112 Å². The van der Waals surface area contributed by atoms with Gasteiger partial charge in [-0.2, -0.15) is 23.1 Å². The van der Waals surface area contributed by atoms with E-state index in [0.717, 1.165) is 13.0 Å². The summed E-state index contributed by atoms with van der Waals surface area (Å²) >= 11 is 0. The molecule has 314 valence electrons. The lowest BCUT2D eigenvalue weighted by molar-refractivity contribution is -0.170. The van der Waals surface area contributed by atoms with E-state index in [1.54, 1.807) is 0 Å². The van der Waals surface area contributed by atoms with E-state index in [2.05, 4.69) is 20.2 Å². The lowest BCUT2D eigenvalue weighted by atomic mass is 9.91. The topological polar surface area (TPSA) is 122 Å². The van der Waals surface area contributed by atoms with E-state index in [1.807, 2.05) is 11.8 Å². The summed E-state index contributed by atoms with van der Waals surface area (Å²) in [4.78, 5) is 44.9. The Kier molecular flexibility index (Phi) is 9.90. The number of piperidine rings is 1. The SMILES string of the molecule is C[C@@]12CCCN(C1)c1nc(OC[C@@]34CCCN3C[C@H](F)C4)nc3c(F)c(ncc13)-c1cc(OC(=O)N3CCCC3C(F)(F)F)cc3ccc(F)c(c13)CCCOC(=O)N2. The minimum absolute atomic E-state index is 0.00965. The molecule has 1 unspecified atom stereocenters. The highest BCUT2D eigenvalue weighted by atomic mass is 19.4. The molecule has 0 spiro atoms. The molecular weight excluding hydrogens is 784 g/mol. The van der Waals surface area contributed by atoms with Crippen molar-refractivity contribution in [3.63, 3.8) is 0 Å². The van der Waals surface area contributed by atoms with Crippen LogP contribution in [0.5, 0.6) is 11.8 Å². The van der Waals surface area contributed by atoms with Gasteiger partial charge in [-0.1, -0.05) is 6.07 Å². The Hall–Kier alpha value is -5.13.